The lowest BCUT2D eigenvalue weighted by atomic mass is 9.92. The molecule has 1 fully saturated rings. The SMILES string of the molecule is CC1(NC(=O)c2cc(Cl)nc3ccccc23)CCOCC1. The Kier molecular flexibility index (Phi) is 3.83. The van der Waals surface area contributed by atoms with Gasteiger partial charge in [0.15, 0.2) is 0 Å². The first-order valence-corrected chi connectivity index (χ1v) is 7.41. The van der Waals surface area contributed by atoms with Gasteiger partial charge in [-0.2, -0.15) is 0 Å². The van der Waals surface area contributed by atoms with Gasteiger partial charge in [0.25, 0.3) is 5.91 Å². The number of carbonyl (C=O) groups is 1. The van der Waals surface area contributed by atoms with Crippen LogP contribution in [-0.4, -0.2) is 29.6 Å². The van der Waals surface area contributed by atoms with Crippen molar-refractivity contribution < 1.29 is 9.53 Å². The fourth-order valence-electron chi connectivity index (χ4n) is 2.62. The minimum Gasteiger partial charge on any atom is -0.381 e. The number of hydrogen-bond acceptors (Lipinski definition) is 3. The Hall–Kier alpha value is -1.65. The monoisotopic (exact) mass is 304 g/mol. The van der Waals surface area contributed by atoms with Gasteiger partial charge in [0.1, 0.15) is 5.15 Å². The summed E-state index contributed by atoms with van der Waals surface area (Å²) >= 11 is 6.03. The molecule has 1 aliphatic rings. The van der Waals surface area contributed by atoms with Gasteiger partial charge in [-0.25, -0.2) is 4.98 Å². The molecule has 0 radical (unpaired) electrons. The van der Waals surface area contributed by atoms with Crippen molar-refractivity contribution in [3.05, 3.63) is 41.0 Å². The van der Waals surface area contributed by atoms with Gasteiger partial charge in [0.2, 0.25) is 0 Å². The average Bonchev–Trinajstić information content (AvgIpc) is 2.46. The lowest BCUT2D eigenvalue weighted by Gasteiger charge is -2.34. The number of ether oxygens (including phenoxy) is 1. The summed E-state index contributed by atoms with van der Waals surface area (Å²) in [7, 11) is 0. The summed E-state index contributed by atoms with van der Waals surface area (Å²) in [5.41, 5.74) is 1.07. The van der Waals surface area contributed by atoms with Gasteiger partial charge < -0.3 is 10.1 Å². The standard InChI is InChI=1S/C16H17ClN2O2/c1-16(6-8-21-9-7-16)19-15(20)12-10-14(17)18-13-5-3-2-4-11(12)13/h2-5,10H,6-9H2,1H3,(H,19,20). The number of amides is 1. The minimum atomic E-state index is -0.230. The van der Waals surface area contributed by atoms with Crippen molar-refractivity contribution in [1.82, 2.24) is 10.3 Å². The summed E-state index contributed by atoms with van der Waals surface area (Å²) in [5.74, 6) is -0.111. The number of hydrogen-bond donors (Lipinski definition) is 1. The normalized spacial score (nSPS) is 17.6. The Bertz CT molecular complexity index is 681. The number of pyridine rings is 1. The number of fused-ring (bicyclic) bond motifs is 1. The molecule has 0 unspecified atom stereocenters. The van der Waals surface area contributed by atoms with E-state index in [-0.39, 0.29) is 11.4 Å². The molecule has 1 aromatic carbocycles. The highest BCUT2D eigenvalue weighted by Gasteiger charge is 2.29. The maximum atomic E-state index is 12.6. The van der Waals surface area contributed by atoms with E-state index in [9.17, 15) is 4.79 Å². The number of benzene rings is 1. The Morgan fingerprint density at radius 2 is 2.05 bits per heavy atom. The molecule has 0 saturated carbocycles. The largest absolute Gasteiger partial charge is 0.381 e. The van der Waals surface area contributed by atoms with E-state index in [1.165, 1.54) is 0 Å². The summed E-state index contributed by atoms with van der Waals surface area (Å²) in [6, 6.07) is 9.15. The van der Waals surface area contributed by atoms with E-state index >= 15 is 0 Å². The molecular weight excluding hydrogens is 288 g/mol. The molecule has 4 nitrogen and oxygen atoms in total. The van der Waals surface area contributed by atoms with Crippen molar-refractivity contribution in [3.63, 3.8) is 0 Å². The molecule has 1 N–H and O–H groups in total. The first-order valence-electron chi connectivity index (χ1n) is 7.03. The zero-order chi connectivity index (χ0) is 14.9. The van der Waals surface area contributed by atoms with E-state index < -0.39 is 0 Å². The van der Waals surface area contributed by atoms with Crippen LogP contribution in [0.2, 0.25) is 5.15 Å². The van der Waals surface area contributed by atoms with Crippen LogP contribution in [0.3, 0.4) is 0 Å². The Morgan fingerprint density at radius 3 is 2.81 bits per heavy atom. The number of nitrogens with one attached hydrogen (secondary N) is 1. The lowest BCUT2D eigenvalue weighted by Crippen LogP contribution is -2.49. The Balaban J connectivity index is 1.94. The molecule has 110 valence electrons. The van der Waals surface area contributed by atoms with Crippen LogP contribution in [0.1, 0.15) is 30.1 Å². The van der Waals surface area contributed by atoms with Crippen molar-refractivity contribution in [2.45, 2.75) is 25.3 Å². The van der Waals surface area contributed by atoms with Gasteiger partial charge >= 0.3 is 0 Å². The topological polar surface area (TPSA) is 51.2 Å². The fourth-order valence-corrected chi connectivity index (χ4v) is 2.82. The van der Waals surface area contributed by atoms with Crippen LogP contribution in [0.25, 0.3) is 10.9 Å². The van der Waals surface area contributed by atoms with Crippen molar-refractivity contribution in [2.24, 2.45) is 0 Å². The lowest BCUT2D eigenvalue weighted by molar-refractivity contribution is 0.0423. The van der Waals surface area contributed by atoms with Gasteiger partial charge in [-0.05, 0) is 31.9 Å². The number of para-hydroxylation sites is 1. The summed E-state index contributed by atoms with van der Waals surface area (Å²) < 4.78 is 5.36. The number of rotatable bonds is 2. The molecule has 1 saturated heterocycles. The van der Waals surface area contributed by atoms with Crippen molar-refractivity contribution in [1.29, 1.82) is 0 Å². The maximum Gasteiger partial charge on any atom is 0.252 e. The van der Waals surface area contributed by atoms with E-state index in [1.807, 2.05) is 24.3 Å². The number of halogens is 1. The van der Waals surface area contributed by atoms with E-state index in [2.05, 4.69) is 17.2 Å². The molecule has 1 aromatic heterocycles. The predicted molar refractivity (Wildman–Crippen MR) is 82.7 cm³/mol. The number of carbonyl (C=O) groups excluding carboxylic acids is 1. The first kappa shape index (κ1) is 14.3. The number of aromatic nitrogens is 1. The van der Waals surface area contributed by atoms with Crippen molar-refractivity contribution in [2.75, 3.05) is 13.2 Å². The summed E-state index contributed by atoms with van der Waals surface area (Å²) in [6.45, 7) is 3.40. The second-order valence-electron chi connectivity index (χ2n) is 5.64. The molecule has 21 heavy (non-hydrogen) atoms. The molecule has 0 aliphatic carbocycles. The summed E-state index contributed by atoms with van der Waals surface area (Å²) in [6.07, 6.45) is 1.63. The Morgan fingerprint density at radius 1 is 1.33 bits per heavy atom. The van der Waals surface area contributed by atoms with Gasteiger partial charge in [0.05, 0.1) is 11.1 Å². The van der Waals surface area contributed by atoms with E-state index in [4.69, 9.17) is 16.3 Å². The highest BCUT2D eigenvalue weighted by atomic mass is 35.5. The summed E-state index contributed by atoms with van der Waals surface area (Å²) in [5, 5.41) is 4.27. The van der Waals surface area contributed by atoms with Gasteiger partial charge in [-0.1, -0.05) is 29.8 Å². The molecule has 3 rings (SSSR count). The van der Waals surface area contributed by atoms with Gasteiger partial charge in [-0.3, -0.25) is 4.79 Å². The van der Waals surface area contributed by atoms with Crippen LogP contribution < -0.4 is 5.32 Å². The zero-order valence-corrected chi connectivity index (χ0v) is 12.6. The maximum absolute atomic E-state index is 12.6. The first-order chi connectivity index (χ1) is 10.1. The average molecular weight is 305 g/mol. The van der Waals surface area contributed by atoms with Crippen LogP contribution >= 0.6 is 11.6 Å². The highest BCUT2D eigenvalue weighted by Crippen LogP contribution is 2.24. The van der Waals surface area contributed by atoms with E-state index in [0.29, 0.717) is 23.9 Å². The molecule has 1 amide bonds. The van der Waals surface area contributed by atoms with Crippen molar-refractivity contribution >= 4 is 28.4 Å². The molecule has 1 aliphatic heterocycles. The highest BCUT2D eigenvalue weighted by molar-refractivity contribution is 6.30. The van der Waals surface area contributed by atoms with E-state index in [1.54, 1.807) is 6.07 Å². The molecule has 0 spiro atoms. The minimum absolute atomic E-state index is 0.111. The van der Waals surface area contributed by atoms with Crippen LogP contribution in [0.4, 0.5) is 0 Å². The van der Waals surface area contributed by atoms with Crippen LogP contribution in [0.15, 0.2) is 30.3 Å². The molecule has 5 heteroatoms. The third-order valence-electron chi connectivity index (χ3n) is 3.94. The Labute approximate surface area is 128 Å². The third-order valence-corrected chi connectivity index (χ3v) is 4.13. The third kappa shape index (κ3) is 3.01. The van der Waals surface area contributed by atoms with Crippen LogP contribution in [0, 0.1) is 0 Å². The molecule has 2 aromatic rings. The second-order valence-corrected chi connectivity index (χ2v) is 6.02. The van der Waals surface area contributed by atoms with Gasteiger partial charge in [0, 0.05) is 24.1 Å². The molecule has 2 heterocycles. The zero-order valence-electron chi connectivity index (χ0n) is 11.9. The molecular formula is C16H17ClN2O2. The van der Waals surface area contributed by atoms with Crippen LogP contribution in [-0.2, 0) is 4.74 Å². The smallest absolute Gasteiger partial charge is 0.252 e. The molecule has 0 bridgehead atoms. The van der Waals surface area contributed by atoms with Gasteiger partial charge in [-0.15, -0.1) is 0 Å². The van der Waals surface area contributed by atoms with Crippen LogP contribution in [0.5, 0.6) is 0 Å². The molecule has 0 atom stereocenters. The van der Waals surface area contributed by atoms with E-state index in [0.717, 1.165) is 23.7 Å². The number of nitrogens with zero attached hydrogens (tertiary/aromatic N) is 1. The summed E-state index contributed by atoms with van der Waals surface area (Å²) in [4.78, 5) is 16.9. The fraction of sp³-hybridized carbons (Fsp3) is 0.375. The quantitative estimate of drug-likeness (QED) is 0.867. The predicted octanol–water partition coefficient (Wildman–Crippen LogP) is 3.19. The second kappa shape index (κ2) is 5.62. The van der Waals surface area contributed by atoms with Crippen molar-refractivity contribution in [3.8, 4) is 0 Å².